The van der Waals surface area contributed by atoms with Crippen LogP contribution in [-0.4, -0.2) is 12.6 Å². The Hall–Kier alpha value is -1.28. The Balaban J connectivity index is 1.87. The molecular formula is C17H25NO. The van der Waals surface area contributed by atoms with Crippen LogP contribution in [0.4, 0.5) is 0 Å². The third kappa shape index (κ3) is 4.71. The fourth-order valence-electron chi connectivity index (χ4n) is 2.34. The first kappa shape index (κ1) is 14.1. The molecule has 2 rings (SSSR count). The highest BCUT2D eigenvalue weighted by molar-refractivity contribution is 5.33. The van der Waals surface area contributed by atoms with Gasteiger partial charge in [-0.2, -0.15) is 0 Å². The number of hydrogen-bond donors (Lipinski definition) is 1. The summed E-state index contributed by atoms with van der Waals surface area (Å²) in [6.45, 7) is 7.41. The van der Waals surface area contributed by atoms with Crippen molar-refractivity contribution in [1.29, 1.82) is 0 Å². The summed E-state index contributed by atoms with van der Waals surface area (Å²) in [5.41, 5.74) is 1.23. The molecular weight excluding hydrogens is 234 g/mol. The molecule has 0 aliphatic heterocycles. The largest absolute Gasteiger partial charge is 0.489 e. The van der Waals surface area contributed by atoms with E-state index in [1.165, 1.54) is 31.2 Å². The maximum Gasteiger partial charge on any atom is 0.124 e. The Kier molecular flexibility index (Phi) is 5.46. The number of benzene rings is 1. The third-order valence-corrected chi connectivity index (χ3v) is 3.72. The highest BCUT2D eigenvalue weighted by atomic mass is 16.5. The zero-order valence-corrected chi connectivity index (χ0v) is 11.9. The molecule has 2 heteroatoms. The summed E-state index contributed by atoms with van der Waals surface area (Å²) in [6.07, 6.45) is 7.17. The molecule has 2 nitrogen and oxygen atoms in total. The van der Waals surface area contributed by atoms with Gasteiger partial charge in [0.2, 0.25) is 0 Å². The second kappa shape index (κ2) is 7.34. The van der Waals surface area contributed by atoms with Crippen molar-refractivity contribution in [1.82, 2.24) is 5.32 Å². The first-order chi connectivity index (χ1) is 9.33. The van der Waals surface area contributed by atoms with E-state index in [9.17, 15) is 0 Å². The average molecular weight is 259 g/mol. The normalized spacial score (nSPS) is 16.1. The van der Waals surface area contributed by atoms with Crippen LogP contribution in [0.2, 0.25) is 0 Å². The van der Waals surface area contributed by atoms with Crippen LogP contribution in [0.25, 0.3) is 0 Å². The number of nitrogens with one attached hydrogen (secondary N) is 1. The van der Waals surface area contributed by atoms with Crippen molar-refractivity contribution in [3.63, 3.8) is 0 Å². The lowest BCUT2D eigenvalue weighted by Crippen LogP contribution is -2.28. The van der Waals surface area contributed by atoms with Crippen LogP contribution < -0.4 is 10.1 Å². The van der Waals surface area contributed by atoms with Gasteiger partial charge in [0.25, 0.3) is 0 Å². The van der Waals surface area contributed by atoms with E-state index in [4.69, 9.17) is 4.74 Å². The maximum absolute atomic E-state index is 5.69. The highest BCUT2D eigenvalue weighted by Crippen LogP contribution is 2.34. The molecule has 104 valence electrons. The number of rotatable bonds is 9. The van der Waals surface area contributed by atoms with Crippen LogP contribution in [0.5, 0.6) is 5.75 Å². The van der Waals surface area contributed by atoms with Gasteiger partial charge < -0.3 is 10.1 Å². The van der Waals surface area contributed by atoms with Crippen molar-refractivity contribution in [3.8, 4) is 5.75 Å². The molecule has 0 saturated heterocycles. The van der Waals surface area contributed by atoms with Crippen LogP contribution in [0.15, 0.2) is 36.9 Å². The number of para-hydroxylation sites is 1. The summed E-state index contributed by atoms with van der Waals surface area (Å²) in [5.74, 6) is 1.95. The van der Waals surface area contributed by atoms with E-state index in [0.717, 1.165) is 18.2 Å². The molecule has 1 aliphatic rings. The quantitative estimate of drug-likeness (QED) is 0.679. The molecule has 1 unspecified atom stereocenters. The predicted octanol–water partition coefficient (Wildman–Crippen LogP) is 3.92. The van der Waals surface area contributed by atoms with E-state index < -0.39 is 0 Å². The van der Waals surface area contributed by atoms with Crippen molar-refractivity contribution >= 4 is 0 Å². The fraction of sp³-hybridized carbons (Fsp3) is 0.529. The molecule has 0 heterocycles. The minimum atomic E-state index is 0.566. The minimum absolute atomic E-state index is 0.566. The third-order valence-electron chi connectivity index (χ3n) is 3.72. The number of hydrogen-bond acceptors (Lipinski definition) is 2. The Morgan fingerprint density at radius 3 is 2.89 bits per heavy atom. The van der Waals surface area contributed by atoms with E-state index in [0.29, 0.717) is 12.6 Å². The molecule has 0 radical (unpaired) electrons. The van der Waals surface area contributed by atoms with E-state index in [2.05, 4.69) is 31.0 Å². The molecule has 1 aromatic rings. The van der Waals surface area contributed by atoms with Gasteiger partial charge >= 0.3 is 0 Å². The maximum atomic E-state index is 5.69. The van der Waals surface area contributed by atoms with Gasteiger partial charge in [0.1, 0.15) is 12.4 Å². The Morgan fingerprint density at radius 2 is 2.21 bits per heavy atom. The van der Waals surface area contributed by atoms with Gasteiger partial charge in [-0.15, -0.1) is 0 Å². The van der Waals surface area contributed by atoms with Gasteiger partial charge in [0.05, 0.1) is 0 Å². The topological polar surface area (TPSA) is 21.3 Å². The number of ether oxygens (including phenoxy) is 1. The van der Waals surface area contributed by atoms with Crippen LogP contribution in [0.3, 0.4) is 0 Å². The zero-order chi connectivity index (χ0) is 13.5. The van der Waals surface area contributed by atoms with Gasteiger partial charge in [-0.25, -0.2) is 0 Å². The van der Waals surface area contributed by atoms with Crippen molar-refractivity contribution in [2.24, 2.45) is 5.92 Å². The van der Waals surface area contributed by atoms with Crippen molar-refractivity contribution in [3.05, 3.63) is 42.5 Å². The van der Waals surface area contributed by atoms with E-state index in [1.807, 2.05) is 12.1 Å². The summed E-state index contributed by atoms with van der Waals surface area (Å²) < 4.78 is 5.69. The van der Waals surface area contributed by atoms with Crippen molar-refractivity contribution < 1.29 is 4.74 Å². The Bertz CT molecular complexity index is 398. The van der Waals surface area contributed by atoms with Gasteiger partial charge in [0, 0.05) is 18.2 Å². The molecule has 1 fully saturated rings. The van der Waals surface area contributed by atoms with Gasteiger partial charge in [-0.3, -0.25) is 0 Å². The lowest BCUT2D eigenvalue weighted by atomic mass is 10.1. The van der Waals surface area contributed by atoms with E-state index in [-0.39, 0.29) is 0 Å². The smallest absolute Gasteiger partial charge is 0.124 e. The van der Waals surface area contributed by atoms with Crippen LogP contribution in [0.1, 0.15) is 38.2 Å². The minimum Gasteiger partial charge on any atom is -0.489 e. The predicted molar refractivity (Wildman–Crippen MR) is 80.4 cm³/mol. The standard InChI is InChI=1S/C17H25NO/c1-3-11-19-17-8-6-5-7-15(17)13-18-16(4-2)12-14-9-10-14/h3,5-8,14,16,18H,1,4,9-13H2,2H3. The van der Waals surface area contributed by atoms with Gasteiger partial charge in [-0.05, 0) is 24.8 Å². The SMILES string of the molecule is C=CCOc1ccccc1CNC(CC)CC1CC1. The Labute approximate surface area is 116 Å². The molecule has 0 bridgehead atoms. The lowest BCUT2D eigenvalue weighted by molar-refractivity contribution is 0.355. The summed E-state index contributed by atoms with van der Waals surface area (Å²) >= 11 is 0. The first-order valence-corrected chi connectivity index (χ1v) is 7.38. The fourth-order valence-corrected chi connectivity index (χ4v) is 2.34. The molecule has 19 heavy (non-hydrogen) atoms. The molecule has 1 aliphatic carbocycles. The molecule has 1 N–H and O–H groups in total. The monoisotopic (exact) mass is 259 g/mol. The van der Waals surface area contributed by atoms with Crippen LogP contribution >= 0.6 is 0 Å². The molecule has 0 spiro atoms. The van der Waals surface area contributed by atoms with Crippen LogP contribution in [0, 0.1) is 5.92 Å². The Morgan fingerprint density at radius 1 is 1.42 bits per heavy atom. The van der Waals surface area contributed by atoms with Gasteiger partial charge in [-0.1, -0.05) is 50.6 Å². The summed E-state index contributed by atoms with van der Waals surface area (Å²) in [4.78, 5) is 0. The second-order valence-corrected chi connectivity index (χ2v) is 5.37. The highest BCUT2D eigenvalue weighted by Gasteiger charge is 2.24. The zero-order valence-electron chi connectivity index (χ0n) is 11.9. The summed E-state index contributed by atoms with van der Waals surface area (Å²) in [5, 5.41) is 3.67. The molecule has 1 atom stereocenters. The lowest BCUT2D eigenvalue weighted by Gasteiger charge is -2.18. The second-order valence-electron chi connectivity index (χ2n) is 5.37. The average Bonchev–Trinajstić information content (AvgIpc) is 3.26. The van der Waals surface area contributed by atoms with E-state index >= 15 is 0 Å². The van der Waals surface area contributed by atoms with E-state index in [1.54, 1.807) is 6.08 Å². The first-order valence-electron chi connectivity index (χ1n) is 7.38. The summed E-state index contributed by atoms with van der Waals surface area (Å²) in [6, 6.07) is 8.89. The molecule has 0 aromatic heterocycles. The van der Waals surface area contributed by atoms with Crippen LogP contribution in [-0.2, 0) is 6.54 Å². The summed E-state index contributed by atoms with van der Waals surface area (Å²) in [7, 11) is 0. The molecule has 0 amide bonds. The molecule has 1 aromatic carbocycles. The van der Waals surface area contributed by atoms with Gasteiger partial charge in [0.15, 0.2) is 0 Å². The van der Waals surface area contributed by atoms with Crippen molar-refractivity contribution in [2.45, 2.75) is 45.2 Å². The molecule has 1 saturated carbocycles. The van der Waals surface area contributed by atoms with Crippen molar-refractivity contribution in [2.75, 3.05) is 6.61 Å².